The van der Waals surface area contributed by atoms with Crippen LogP contribution in [0.5, 0.6) is 5.75 Å². The Balaban J connectivity index is 1.84. The zero-order valence-corrected chi connectivity index (χ0v) is 13.1. The summed E-state index contributed by atoms with van der Waals surface area (Å²) in [6.07, 6.45) is 1.97. The third-order valence-corrected chi connectivity index (χ3v) is 4.78. The van der Waals surface area contributed by atoms with Crippen molar-refractivity contribution in [2.24, 2.45) is 0 Å². The molecule has 1 aliphatic rings. The van der Waals surface area contributed by atoms with Gasteiger partial charge in [-0.05, 0) is 39.1 Å². The normalized spacial score (nSPS) is 22.8. The molecular weight excluding hydrogens is 272 g/mol. The number of rotatable bonds is 6. The molecule has 2 rings (SSSR count). The van der Waals surface area contributed by atoms with Crippen molar-refractivity contribution in [1.82, 2.24) is 4.90 Å². The van der Waals surface area contributed by atoms with Crippen LogP contribution in [-0.2, 0) is 10.8 Å². The number of ether oxygens (including phenoxy) is 1. The summed E-state index contributed by atoms with van der Waals surface area (Å²) in [6, 6.07) is 8.53. The molecule has 0 spiro atoms. The summed E-state index contributed by atoms with van der Waals surface area (Å²) < 4.78 is 17.1. The van der Waals surface area contributed by atoms with Crippen molar-refractivity contribution in [2.45, 2.75) is 18.9 Å². The second-order valence-electron chi connectivity index (χ2n) is 5.45. The fraction of sp³-hybridized carbons (Fsp3) is 0.600. The van der Waals surface area contributed by atoms with Crippen molar-refractivity contribution < 1.29 is 8.95 Å². The van der Waals surface area contributed by atoms with Crippen LogP contribution in [0.2, 0.25) is 0 Å². The molecule has 4 nitrogen and oxygen atoms in total. The zero-order chi connectivity index (χ0) is 14.4. The Morgan fingerprint density at radius 3 is 2.80 bits per heavy atom. The van der Waals surface area contributed by atoms with Gasteiger partial charge >= 0.3 is 0 Å². The highest BCUT2D eigenvalue weighted by atomic mass is 32.2. The molecule has 20 heavy (non-hydrogen) atoms. The molecule has 1 saturated heterocycles. The summed E-state index contributed by atoms with van der Waals surface area (Å²) in [5.41, 5.74) is 1.09. The van der Waals surface area contributed by atoms with E-state index in [2.05, 4.69) is 16.3 Å². The van der Waals surface area contributed by atoms with Crippen molar-refractivity contribution in [3.63, 3.8) is 0 Å². The van der Waals surface area contributed by atoms with E-state index in [1.807, 2.05) is 32.3 Å². The molecule has 0 aliphatic carbocycles. The third-order valence-electron chi connectivity index (χ3n) is 3.40. The summed E-state index contributed by atoms with van der Waals surface area (Å²) in [4.78, 5) is 2.10. The third kappa shape index (κ3) is 5.13. The first-order chi connectivity index (χ1) is 9.63. The lowest BCUT2D eigenvalue weighted by molar-refractivity contribution is 0.261. The molecule has 1 aliphatic heterocycles. The smallest absolute Gasteiger partial charge is 0.121 e. The molecule has 1 heterocycles. The van der Waals surface area contributed by atoms with Crippen molar-refractivity contribution >= 4 is 16.5 Å². The average Bonchev–Trinajstić information content (AvgIpc) is 2.41. The van der Waals surface area contributed by atoms with Crippen LogP contribution in [0.3, 0.4) is 0 Å². The van der Waals surface area contributed by atoms with E-state index in [0.29, 0.717) is 12.6 Å². The Morgan fingerprint density at radius 2 is 2.10 bits per heavy atom. The Morgan fingerprint density at radius 1 is 1.35 bits per heavy atom. The molecule has 0 atom stereocenters. The van der Waals surface area contributed by atoms with Gasteiger partial charge in [-0.25, -0.2) is 0 Å². The van der Waals surface area contributed by atoms with Crippen molar-refractivity contribution in [3.05, 3.63) is 24.3 Å². The fourth-order valence-corrected chi connectivity index (χ4v) is 3.49. The van der Waals surface area contributed by atoms with Gasteiger partial charge in [0.1, 0.15) is 12.4 Å². The van der Waals surface area contributed by atoms with Crippen molar-refractivity contribution in [3.8, 4) is 5.75 Å². The number of benzene rings is 1. The minimum Gasteiger partial charge on any atom is -0.492 e. The summed E-state index contributed by atoms with van der Waals surface area (Å²) in [7, 11) is 3.47. The summed E-state index contributed by atoms with van der Waals surface area (Å²) in [5.74, 6) is 2.53. The van der Waals surface area contributed by atoms with E-state index in [0.717, 1.165) is 42.3 Å². The van der Waals surface area contributed by atoms with Gasteiger partial charge in [-0.3, -0.25) is 4.21 Å². The van der Waals surface area contributed by atoms with Gasteiger partial charge in [0.15, 0.2) is 0 Å². The molecular formula is C15H24N2O2S. The average molecular weight is 296 g/mol. The van der Waals surface area contributed by atoms with Crippen LogP contribution in [0.4, 0.5) is 5.69 Å². The minimum absolute atomic E-state index is 0.435. The van der Waals surface area contributed by atoms with Gasteiger partial charge in [0.25, 0.3) is 0 Å². The van der Waals surface area contributed by atoms with Gasteiger partial charge < -0.3 is 15.0 Å². The van der Waals surface area contributed by atoms with Crippen LogP contribution in [-0.4, -0.2) is 53.9 Å². The predicted octanol–water partition coefficient (Wildman–Crippen LogP) is 1.95. The Bertz CT molecular complexity index is 441. The molecule has 0 unspecified atom stereocenters. The highest BCUT2D eigenvalue weighted by Gasteiger charge is 2.17. The van der Waals surface area contributed by atoms with E-state index in [-0.39, 0.29) is 0 Å². The maximum absolute atomic E-state index is 11.3. The van der Waals surface area contributed by atoms with Gasteiger partial charge in [0.05, 0.1) is 0 Å². The number of anilines is 1. The molecule has 1 aromatic carbocycles. The van der Waals surface area contributed by atoms with Gasteiger partial charge in [0, 0.05) is 46.6 Å². The van der Waals surface area contributed by atoms with Gasteiger partial charge in [-0.1, -0.05) is 6.07 Å². The van der Waals surface area contributed by atoms with E-state index < -0.39 is 10.8 Å². The van der Waals surface area contributed by atoms with Crippen LogP contribution < -0.4 is 10.1 Å². The lowest BCUT2D eigenvalue weighted by Gasteiger charge is -2.23. The number of likely N-dealkylation sites (N-methyl/N-ethyl adjacent to an activating group) is 1. The molecule has 0 amide bonds. The number of nitrogens with zero attached hydrogens (tertiary/aromatic N) is 1. The Labute approximate surface area is 124 Å². The van der Waals surface area contributed by atoms with Crippen LogP contribution in [0.15, 0.2) is 24.3 Å². The summed E-state index contributed by atoms with van der Waals surface area (Å²) in [5, 5.41) is 3.52. The lowest BCUT2D eigenvalue weighted by atomic mass is 10.1. The molecule has 1 aromatic rings. The van der Waals surface area contributed by atoms with E-state index in [1.54, 1.807) is 0 Å². The first-order valence-electron chi connectivity index (χ1n) is 7.12. The molecule has 112 valence electrons. The standard InChI is InChI=1S/C15H24N2O2S/c1-17(2)8-9-19-15-5-3-4-14(12-15)16-13-6-10-20(18)11-7-13/h3-5,12-13,16H,6-11H2,1-2H3. The van der Waals surface area contributed by atoms with Gasteiger partial charge in [0.2, 0.25) is 0 Å². The fourth-order valence-electron chi connectivity index (χ4n) is 2.20. The Hall–Kier alpha value is -1.07. The van der Waals surface area contributed by atoms with Gasteiger partial charge in [-0.15, -0.1) is 0 Å². The van der Waals surface area contributed by atoms with Crippen LogP contribution in [0.25, 0.3) is 0 Å². The van der Waals surface area contributed by atoms with Crippen LogP contribution >= 0.6 is 0 Å². The maximum atomic E-state index is 11.3. The van der Waals surface area contributed by atoms with E-state index in [4.69, 9.17) is 4.74 Å². The van der Waals surface area contributed by atoms with Gasteiger partial charge in [-0.2, -0.15) is 0 Å². The monoisotopic (exact) mass is 296 g/mol. The lowest BCUT2D eigenvalue weighted by Crippen LogP contribution is -2.29. The van der Waals surface area contributed by atoms with E-state index in [9.17, 15) is 4.21 Å². The summed E-state index contributed by atoms with van der Waals surface area (Å²) >= 11 is 0. The number of hydrogen-bond donors (Lipinski definition) is 1. The van der Waals surface area contributed by atoms with E-state index >= 15 is 0 Å². The second kappa shape index (κ2) is 7.64. The molecule has 0 bridgehead atoms. The zero-order valence-electron chi connectivity index (χ0n) is 12.3. The first kappa shape index (κ1) is 15.3. The van der Waals surface area contributed by atoms with Crippen LogP contribution in [0.1, 0.15) is 12.8 Å². The molecule has 1 fully saturated rings. The summed E-state index contributed by atoms with van der Waals surface area (Å²) in [6.45, 7) is 1.60. The topological polar surface area (TPSA) is 41.6 Å². The maximum Gasteiger partial charge on any atom is 0.121 e. The molecule has 0 aromatic heterocycles. The van der Waals surface area contributed by atoms with Crippen molar-refractivity contribution in [1.29, 1.82) is 0 Å². The van der Waals surface area contributed by atoms with E-state index in [1.165, 1.54) is 0 Å². The number of nitrogens with one attached hydrogen (secondary N) is 1. The predicted molar refractivity (Wildman–Crippen MR) is 85.0 cm³/mol. The minimum atomic E-state index is -0.601. The number of hydrogen-bond acceptors (Lipinski definition) is 4. The quantitative estimate of drug-likeness (QED) is 0.871. The highest BCUT2D eigenvalue weighted by molar-refractivity contribution is 7.85. The molecule has 5 heteroatoms. The second-order valence-corrected chi connectivity index (χ2v) is 7.14. The van der Waals surface area contributed by atoms with Crippen LogP contribution in [0, 0.1) is 0 Å². The largest absolute Gasteiger partial charge is 0.492 e. The molecule has 0 saturated carbocycles. The molecule has 0 radical (unpaired) electrons. The SMILES string of the molecule is CN(C)CCOc1cccc(NC2CCS(=O)CC2)c1. The molecule has 1 N–H and O–H groups in total. The highest BCUT2D eigenvalue weighted by Crippen LogP contribution is 2.21. The Kier molecular flexibility index (Phi) is 5.86. The first-order valence-corrected chi connectivity index (χ1v) is 8.61. The van der Waals surface area contributed by atoms with Crippen molar-refractivity contribution in [2.75, 3.05) is 44.1 Å².